The van der Waals surface area contributed by atoms with Gasteiger partial charge in [0.2, 0.25) is 0 Å². The Morgan fingerprint density at radius 3 is 2.52 bits per heavy atom. The molecule has 1 aromatic rings. The first kappa shape index (κ1) is 14.3. The van der Waals surface area contributed by atoms with Gasteiger partial charge in [-0.25, -0.2) is 0 Å². The third-order valence-corrected chi connectivity index (χ3v) is 7.25. The van der Waals surface area contributed by atoms with E-state index in [9.17, 15) is 5.11 Å². The van der Waals surface area contributed by atoms with Gasteiger partial charge >= 0.3 is 0 Å². The van der Waals surface area contributed by atoms with Crippen molar-refractivity contribution in [2.75, 3.05) is 0 Å². The van der Waals surface area contributed by atoms with Crippen LogP contribution < -0.4 is 0 Å². The molecule has 1 heterocycles. The van der Waals surface area contributed by atoms with E-state index < -0.39 is 0 Å². The summed E-state index contributed by atoms with van der Waals surface area (Å²) in [5.74, 6) is 4.14. The van der Waals surface area contributed by atoms with Crippen LogP contribution in [0.3, 0.4) is 0 Å². The Balaban J connectivity index is 1.51. The molecule has 0 aliphatic heterocycles. The highest BCUT2D eigenvalue weighted by molar-refractivity contribution is 9.10. The van der Waals surface area contributed by atoms with Crippen molar-refractivity contribution in [3.05, 3.63) is 15.9 Å². The van der Waals surface area contributed by atoms with Crippen LogP contribution in [0.1, 0.15) is 44.5 Å². The topological polar surface area (TPSA) is 38.0 Å². The molecule has 0 saturated heterocycles. The second kappa shape index (κ2) is 5.09. The molecule has 21 heavy (non-hydrogen) atoms. The Bertz CT molecular complexity index is 539. The van der Waals surface area contributed by atoms with E-state index in [1.807, 2.05) is 0 Å². The number of hydrogen-bond acceptors (Lipinski definition) is 2. The van der Waals surface area contributed by atoms with Gasteiger partial charge in [0.15, 0.2) is 0 Å². The molecule has 2 bridgehead atoms. The molecule has 0 amide bonds. The predicted octanol–water partition coefficient (Wildman–Crippen LogP) is 3.42. The van der Waals surface area contributed by atoms with Crippen molar-refractivity contribution in [3.63, 3.8) is 0 Å². The molecule has 1 aromatic heterocycles. The van der Waals surface area contributed by atoms with Crippen LogP contribution in [0.5, 0.6) is 0 Å². The van der Waals surface area contributed by atoms with E-state index in [4.69, 9.17) is 0 Å². The second-order valence-electron chi connectivity index (χ2n) is 7.21. The van der Waals surface area contributed by atoms with Crippen molar-refractivity contribution in [1.82, 2.24) is 9.78 Å². The van der Waals surface area contributed by atoms with Crippen LogP contribution in [-0.2, 0) is 19.4 Å². The van der Waals surface area contributed by atoms with Gasteiger partial charge in [0.25, 0.3) is 0 Å². The average Bonchev–Trinajstić information content (AvgIpc) is 2.78. The van der Waals surface area contributed by atoms with Crippen LogP contribution >= 0.6 is 15.9 Å². The molecule has 3 nitrogen and oxygen atoms in total. The molecule has 5 atom stereocenters. The number of aliphatic hydroxyl groups is 1. The second-order valence-corrected chi connectivity index (χ2v) is 8.01. The summed E-state index contributed by atoms with van der Waals surface area (Å²) in [5.41, 5.74) is 2.31. The Hall–Kier alpha value is -0.350. The highest BCUT2D eigenvalue weighted by Gasteiger charge is 2.66. The minimum Gasteiger partial charge on any atom is -0.392 e. The summed E-state index contributed by atoms with van der Waals surface area (Å²) in [7, 11) is 0. The van der Waals surface area contributed by atoms with Gasteiger partial charge in [0.05, 0.1) is 22.0 Å². The van der Waals surface area contributed by atoms with E-state index in [0.29, 0.717) is 5.92 Å². The highest BCUT2D eigenvalue weighted by Crippen LogP contribution is 2.70. The normalized spacial score (nSPS) is 37.8. The number of fused-ring (bicyclic) bond motifs is 5. The third-order valence-electron chi connectivity index (χ3n) is 6.34. The quantitative estimate of drug-likeness (QED) is 0.881. The molecule has 1 N–H and O–H groups in total. The fraction of sp³-hybridized carbons (Fsp3) is 0.824. The van der Waals surface area contributed by atoms with Gasteiger partial charge in [-0.15, -0.1) is 0 Å². The van der Waals surface area contributed by atoms with Gasteiger partial charge in [-0.2, -0.15) is 5.10 Å². The number of halogens is 1. The van der Waals surface area contributed by atoms with Crippen LogP contribution in [0.4, 0.5) is 0 Å². The number of nitrogens with zero attached hydrogens (tertiary/aromatic N) is 2. The lowest BCUT2D eigenvalue weighted by atomic mass is 9.96. The average molecular weight is 353 g/mol. The Labute approximate surface area is 135 Å². The van der Waals surface area contributed by atoms with Crippen molar-refractivity contribution in [2.24, 2.45) is 29.6 Å². The van der Waals surface area contributed by atoms with Gasteiger partial charge in [-0.3, -0.25) is 4.68 Å². The van der Waals surface area contributed by atoms with Gasteiger partial charge < -0.3 is 5.11 Å². The van der Waals surface area contributed by atoms with Gasteiger partial charge in [-0.05, 0) is 78.1 Å². The summed E-state index contributed by atoms with van der Waals surface area (Å²) >= 11 is 3.70. The number of aliphatic hydroxyl groups excluding tert-OH is 1. The monoisotopic (exact) mass is 352 g/mol. The lowest BCUT2D eigenvalue weighted by Crippen LogP contribution is -2.20. The standard InChI is InChI=1S/C17H25BrN2O/c1-3-11-17(18)12(20(4-2)19-11)8-13(21)16-14-9-5-6-10(7-9)15(14)16/h9-10,13-16,21H,3-8H2,1-2H3. The first-order valence-corrected chi connectivity index (χ1v) is 9.37. The molecule has 3 aliphatic carbocycles. The molecule has 0 aromatic carbocycles. The fourth-order valence-electron chi connectivity index (χ4n) is 5.45. The zero-order valence-electron chi connectivity index (χ0n) is 12.9. The summed E-state index contributed by atoms with van der Waals surface area (Å²) in [6.07, 6.45) is 5.83. The molecular weight excluding hydrogens is 328 g/mol. The zero-order chi connectivity index (χ0) is 14.7. The van der Waals surface area contributed by atoms with Crippen molar-refractivity contribution in [1.29, 1.82) is 0 Å². The van der Waals surface area contributed by atoms with Crippen LogP contribution in [-0.4, -0.2) is 21.0 Å². The van der Waals surface area contributed by atoms with Gasteiger partial charge in [0, 0.05) is 13.0 Å². The van der Waals surface area contributed by atoms with E-state index >= 15 is 0 Å². The van der Waals surface area contributed by atoms with Crippen LogP contribution in [0.25, 0.3) is 0 Å². The Kier molecular flexibility index (Phi) is 3.45. The van der Waals surface area contributed by atoms with Crippen molar-refractivity contribution in [3.8, 4) is 0 Å². The highest BCUT2D eigenvalue weighted by atomic mass is 79.9. The maximum Gasteiger partial charge on any atom is 0.0766 e. The molecule has 0 radical (unpaired) electrons. The Morgan fingerprint density at radius 2 is 1.95 bits per heavy atom. The molecule has 3 fully saturated rings. The molecule has 0 spiro atoms. The summed E-state index contributed by atoms with van der Waals surface area (Å²) in [6.45, 7) is 5.14. The lowest BCUT2D eigenvalue weighted by Gasteiger charge is -2.16. The van der Waals surface area contributed by atoms with Gasteiger partial charge in [0.1, 0.15) is 0 Å². The van der Waals surface area contributed by atoms with Crippen LogP contribution in [0.15, 0.2) is 4.47 Å². The molecule has 3 saturated carbocycles. The maximum absolute atomic E-state index is 10.8. The largest absolute Gasteiger partial charge is 0.392 e. The van der Waals surface area contributed by atoms with E-state index in [-0.39, 0.29) is 6.10 Å². The molecule has 3 aliphatic rings. The SMILES string of the molecule is CCc1nn(CC)c(CC(O)C2C3C4CCC(C4)C23)c1Br. The number of aromatic nitrogens is 2. The van der Waals surface area contributed by atoms with Crippen molar-refractivity contribution in [2.45, 2.75) is 58.6 Å². The van der Waals surface area contributed by atoms with Crippen LogP contribution in [0.2, 0.25) is 0 Å². The van der Waals surface area contributed by atoms with Crippen LogP contribution in [0, 0.1) is 29.6 Å². The smallest absolute Gasteiger partial charge is 0.0766 e. The van der Waals surface area contributed by atoms with E-state index in [1.165, 1.54) is 25.0 Å². The molecule has 4 heteroatoms. The Morgan fingerprint density at radius 1 is 1.29 bits per heavy atom. The molecule has 5 unspecified atom stereocenters. The number of aryl methyl sites for hydroxylation is 2. The minimum absolute atomic E-state index is 0.175. The van der Waals surface area contributed by atoms with Crippen molar-refractivity contribution >= 4 is 15.9 Å². The summed E-state index contributed by atoms with van der Waals surface area (Å²) < 4.78 is 3.19. The fourth-order valence-corrected chi connectivity index (χ4v) is 6.18. The van der Waals surface area contributed by atoms with Crippen molar-refractivity contribution < 1.29 is 5.11 Å². The third kappa shape index (κ3) is 2.05. The van der Waals surface area contributed by atoms with E-state index in [1.54, 1.807) is 0 Å². The summed E-state index contributed by atoms with van der Waals surface area (Å²) in [5, 5.41) is 15.4. The van der Waals surface area contributed by atoms with Gasteiger partial charge in [-0.1, -0.05) is 6.92 Å². The minimum atomic E-state index is -0.175. The zero-order valence-corrected chi connectivity index (χ0v) is 14.5. The maximum atomic E-state index is 10.8. The van der Waals surface area contributed by atoms with E-state index in [2.05, 4.69) is 39.6 Å². The van der Waals surface area contributed by atoms with E-state index in [0.717, 1.165) is 53.2 Å². The number of hydrogen-bond donors (Lipinski definition) is 1. The predicted molar refractivity (Wildman–Crippen MR) is 86.0 cm³/mol. The lowest BCUT2D eigenvalue weighted by molar-refractivity contribution is 0.126. The molecule has 4 rings (SSSR count). The molecular formula is C17H25BrN2O. The first-order valence-electron chi connectivity index (χ1n) is 8.57. The molecule has 116 valence electrons. The summed E-state index contributed by atoms with van der Waals surface area (Å²) in [4.78, 5) is 0. The summed E-state index contributed by atoms with van der Waals surface area (Å²) in [6, 6.07) is 0. The number of rotatable bonds is 5. The first-order chi connectivity index (χ1) is 10.2.